The molecule has 0 radical (unpaired) electrons. The van der Waals surface area contributed by atoms with E-state index in [1.807, 2.05) is 0 Å². The lowest BCUT2D eigenvalue weighted by Crippen LogP contribution is -1.54. The van der Waals surface area contributed by atoms with Gasteiger partial charge < -0.3 is 0 Å². The summed E-state index contributed by atoms with van der Waals surface area (Å²) >= 11 is 0. The van der Waals surface area contributed by atoms with Crippen LogP contribution in [0.25, 0.3) is 0 Å². The smallest absolute Gasteiger partial charge is 0.0207 e. The van der Waals surface area contributed by atoms with E-state index in [1.54, 1.807) is 0 Å². The fourth-order valence-corrected chi connectivity index (χ4v) is 0.581. The second-order valence-electron chi connectivity index (χ2n) is 1.56. The molecule has 6 heavy (non-hydrogen) atoms. The molecule has 0 aromatic heterocycles. The van der Waals surface area contributed by atoms with Gasteiger partial charge in [0, 0.05) is 5.92 Å². The predicted molar refractivity (Wildman–Crippen MR) is 30.2 cm³/mol. The molecule has 1 unspecified atom stereocenters. The maximum atomic E-state index is 3.03. The van der Waals surface area contributed by atoms with E-state index < -0.39 is 0 Å². The van der Waals surface area contributed by atoms with Crippen molar-refractivity contribution in [3.05, 3.63) is 0 Å². The molecule has 0 saturated heterocycles. The minimum absolute atomic E-state index is 0.766. The van der Waals surface area contributed by atoms with E-state index in [9.17, 15) is 0 Å². The summed E-state index contributed by atoms with van der Waals surface area (Å²) in [5.41, 5.74) is 2.80. The molecule has 1 aliphatic carbocycles. The van der Waals surface area contributed by atoms with Gasteiger partial charge in [-0.3, -0.25) is 0 Å². The molecule has 32 valence electrons. The predicted octanol–water partition coefficient (Wildman–Crippen LogP) is 1.23. The largest absolute Gasteiger partial charge is 0.0958 e. The van der Waals surface area contributed by atoms with Gasteiger partial charge in [-0.05, 0) is 12.8 Å². The summed E-state index contributed by atoms with van der Waals surface area (Å²) in [5, 5.41) is 0. The van der Waals surface area contributed by atoms with Crippen molar-refractivity contribution in [3.8, 4) is 11.6 Å². The van der Waals surface area contributed by atoms with Gasteiger partial charge in [0.05, 0.1) is 0 Å². The highest BCUT2D eigenvalue weighted by atomic mass is 31.0. The Morgan fingerprint density at radius 1 is 1.50 bits per heavy atom. The summed E-state index contributed by atoms with van der Waals surface area (Å²) in [6.45, 7) is 0. The van der Waals surface area contributed by atoms with Gasteiger partial charge in [-0.2, -0.15) is 0 Å². The monoisotopic (exact) mass is 98.0 g/mol. The topological polar surface area (TPSA) is 0 Å². The fourth-order valence-electron chi connectivity index (χ4n) is 0.346. The summed E-state index contributed by atoms with van der Waals surface area (Å²) in [7, 11) is 2.40. The van der Waals surface area contributed by atoms with Gasteiger partial charge in [-0.1, -0.05) is 20.8 Å². The van der Waals surface area contributed by atoms with Crippen molar-refractivity contribution in [2.24, 2.45) is 5.92 Å². The number of hydrogen-bond acceptors (Lipinski definition) is 0. The molecule has 1 saturated carbocycles. The molecule has 0 aromatic rings. The maximum absolute atomic E-state index is 3.03. The zero-order chi connectivity index (χ0) is 4.41. The standard InChI is InChI=1S/C5H7P/c6-4-3-5-1-2-5/h5H,1-2,6H2. The summed E-state index contributed by atoms with van der Waals surface area (Å²) in [5.74, 6) is 3.80. The van der Waals surface area contributed by atoms with Crippen LogP contribution in [0.4, 0.5) is 0 Å². The van der Waals surface area contributed by atoms with Crippen LogP contribution in [0.1, 0.15) is 12.8 Å². The Bertz CT molecular complexity index is 92.2. The van der Waals surface area contributed by atoms with Crippen LogP contribution in [0.3, 0.4) is 0 Å². The van der Waals surface area contributed by atoms with Gasteiger partial charge in [0.2, 0.25) is 0 Å². The summed E-state index contributed by atoms with van der Waals surface area (Å²) < 4.78 is 0. The molecular formula is C5H7P. The van der Waals surface area contributed by atoms with Gasteiger partial charge in [0.25, 0.3) is 0 Å². The Balaban J connectivity index is 2.27. The molecule has 0 N–H and O–H groups in total. The van der Waals surface area contributed by atoms with Crippen LogP contribution in [0.2, 0.25) is 0 Å². The third kappa shape index (κ3) is 0.994. The first-order valence-corrected chi connectivity index (χ1v) is 2.72. The second-order valence-corrected chi connectivity index (χ2v) is 1.85. The quantitative estimate of drug-likeness (QED) is 0.316. The highest BCUT2D eigenvalue weighted by Gasteiger charge is 2.17. The summed E-state index contributed by atoms with van der Waals surface area (Å²) in [4.78, 5) is 0. The van der Waals surface area contributed by atoms with Gasteiger partial charge in [-0.25, -0.2) is 0 Å². The molecule has 1 rings (SSSR count). The third-order valence-electron chi connectivity index (χ3n) is 0.865. The molecular weight excluding hydrogens is 91.0 g/mol. The van der Waals surface area contributed by atoms with Crippen LogP contribution in [0.15, 0.2) is 0 Å². The average molecular weight is 98.1 g/mol. The van der Waals surface area contributed by atoms with Crippen LogP contribution < -0.4 is 0 Å². The summed E-state index contributed by atoms with van der Waals surface area (Å²) in [6.07, 6.45) is 2.67. The van der Waals surface area contributed by atoms with Crippen molar-refractivity contribution in [1.29, 1.82) is 0 Å². The van der Waals surface area contributed by atoms with Gasteiger partial charge in [-0.15, -0.1) is 0 Å². The van der Waals surface area contributed by atoms with Crippen LogP contribution >= 0.6 is 9.24 Å². The van der Waals surface area contributed by atoms with Crippen molar-refractivity contribution in [1.82, 2.24) is 0 Å². The molecule has 1 atom stereocenters. The van der Waals surface area contributed by atoms with Crippen LogP contribution in [0, 0.1) is 17.5 Å². The lowest BCUT2D eigenvalue weighted by atomic mass is 10.5. The molecule has 1 aliphatic rings. The first-order chi connectivity index (χ1) is 2.93. The Morgan fingerprint density at radius 3 is 2.33 bits per heavy atom. The van der Waals surface area contributed by atoms with E-state index >= 15 is 0 Å². The molecule has 1 heteroatoms. The first kappa shape index (κ1) is 4.16. The molecule has 1 fully saturated rings. The van der Waals surface area contributed by atoms with E-state index in [-0.39, 0.29) is 0 Å². The highest BCUT2D eigenvalue weighted by Crippen LogP contribution is 2.27. The van der Waals surface area contributed by atoms with E-state index in [4.69, 9.17) is 0 Å². The van der Waals surface area contributed by atoms with Crippen LogP contribution in [-0.2, 0) is 0 Å². The Hall–Kier alpha value is -0.0100. The Morgan fingerprint density at radius 2 is 2.17 bits per heavy atom. The molecule has 0 spiro atoms. The Labute approximate surface area is 40.5 Å². The fraction of sp³-hybridized carbons (Fsp3) is 0.600. The number of hydrogen-bond donors (Lipinski definition) is 0. The SMILES string of the molecule is PC#CC1CC1. The van der Waals surface area contributed by atoms with Crippen molar-refractivity contribution < 1.29 is 0 Å². The molecule has 0 aromatic carbocycles. The highest BCUT2D eigenvalue weighted by molar-refractivity contribution is 7.23. The van der Waals surface area contributed by atoms with Crippen molar-refractivity contribution in [3.63, 3.8) is 0 Å². The molecule has 0 aliphatic heterocycles. The van der Waals surface area contributed by atoms with Gasteiger partial charge in [0.1, 0.15) is 0 Å². The zero-order valence-electron chi connectivity index (χ0n) is 3.57. The van der Waals surface area contributed by atoms with Crippen LogP contribution in [-0.4, -0.2) is 0 Å². The number of rotatable bonds is 0. The molecule has 0 bridgehead atoms. The minimum atomic E-state index is 0.766. The third-order valence-corrected chi connectivity index (χ3v) is 1.03. The first-order valence-electron chi connectivity index (χ1n) is 2.14. The molecule has 0 amide bonds. The normalized spacial score (nSPS) is 18.8. The minimum Gasteiger partial charge on any atom is -0.0958 e. The van der Waals surface area contributed by atoms with Gasteiger partial charge in [0.15, 0.2) is 0 Å². The average Bonchev–Trinajstić information content (AvgIpc) is 2.21. The maximum Gasteiger partial charge on any atom is 0.0207 e. The van der Waals surface area contributed by atoms with Gasteiger partial charge >= 0.3 is 0 Å². The molecule has 0 nitrogen and oxygen atoms in total. The van der Waals surface area contributed by atoms with Crippen molar-refractivity contribution >= 4 is 9.24 Å². The lowest BCUT2D eigenvalue weighted by Gasteiger charge is -1.62. The van der Waals surface area contributed by atoms with E-state index in [1.165, 1.54) is 12.8 Å². The second kappa shape index (κ2) is 1.63. The van der Waals surface area contributed by atoms with E-state index in [0.29, 0.717) is 0 Å². The van der Waals surface area contributed by atoms with E-state index in [0.717, 1.165) is 5.92 Å². The zero-order valence-corrected chi connectivity index (χ0v) is 4.72. The molecule has 0 heterocycles. The van der Waals surface area contributed by atoms with Crippen molar-refractivity contribution in [2.45, 2.75) is 12.8 Å². The lowest BCUT2D eigenvalue weighted by molar-refractivity contribution is 1.18. The summed E-state index contributed by atoms with van der Waals surface area (Å²) in [6, 6.07) is 0. The van der Waals surface area contributed by atoms with Crippen molar-refractivity contribution in [2.75, 3.05) is 0 Å². The van der Waals surface area contributed by atoms with Crippen LogP contribution in [0.5, 0.6) is 0 Å². The Kier molecular flexibility index (Phi) is 1.13. The van der Waals surface area contributed by atoms with E-state index in [2.05, 4.69) is 20.8 Å².